The van der Waals surface area contributed by atoms with Crippen LogP contribution >= 0.6 is 0 Å². The third-order valence-electron chi connectivity index (χ3n) is 24.2. The highest BCUT2D eigenvalue weighted by Gasteiger charge is 2.29. The number of hydrogen-bond acceptors (Lipinski definition) is 4. The molecule has 0 aliphatic heterocycles. The molecule has 0 saturated carbocycles. The SMILES string of the molecule is C/C=C1\CCc2cc(C)ccc21.C/C=C\C1CCc2cc(C)ccc21.CC.CC.CC.CC.CC.CC.CC.CC.CC.CCC1CCc2cc(C)ccc21.CCCC1CCc2cc(C)ccc21.Cc1ccc2c(c1)CCC2=O.Cc1ccc2c(c1)CCC2C.Cc1ccc2c(c1)CCC2C#N.Cc1ccc2c(c1)CCC2C(=O)O.Cc1ccc2c(c1)CCC2C=O. The van der Waals surface area contributed by atoms with Gasteiger partial charge in [0.25, 0.3) is 0 Å². The van der Waals surface area contributed by atoms with E-state index in [9.17, 15) is 14.4 Å². The molecule has 9 aromatic rings. The maximum atomic E-state index is 11.2. The Morgan fingerprint density at radius 1 is 0.362 bits per heavy atom. The normalized spacial score (nSPS) is 17.5. The van der Waals surface area contributed by atoms with Crippen LogP contribution in [0, 0.1) is 73.6 Å². The van der Waals surface area contributed by atoms with Crippen LogP contribution < -0.4 is 0 Å². The van der Waals surface area contributed by atoms with Crippen LogP contribution in [0.3, 0.4) is 0 Å². The fraction of sp³-hybridized carbons (Fsp3) is 0.492. The second kappa shape index (κ2) is 65.3. The highest BCUT2D eigenvalue weighted by Crippen LogP contribution is 2.41. The first-order valence-corrected chi connectivity index (χ1v) is 50.3. The second-order valence-electron chi connectivity index (χ2n) is 32.7. The van der Waals surface area contributed by atoms with E-state index < -0.39 is 5.97 Å². The average Bonchev–Trinajstić information content (AvgIpc) is 1.65. The summed E-state index contributed by atoms with van der Waals surface area (Å²) < 4.78 is 0. The molecule has 694 valence electrons. The number of nitriles is 1. The number of carbonyl (C=O) groups excluding carboxylic acids is 2. The number of rotatable bonds is 6. The van der Waals surface area contributed by atoms with Gasteiger partial charge >= 0.3 is 5.97 Å². The van der Waals surface area contributed by atoms with Crippen LogP contribution in [0.2, 0.25) is 0 Å². The number of fused-ring (bicyclic) bond motifs is 9. The van der Waals surface area contributed by atoms with Gasteiger partial charge in [-0.2, -0.15) is 5.26 Å². The zero-order valence-corrected chi connectivity index (χ0v) is 86.4. The number of nitrogens with zero attached hydrogens (tertiary/aromatic N) is 1. The third kappa shape index (κ3) is 36.0. The molecule has 9 aromatic carbocycles. The van der Waals surface area contributed by atoms with Gasteiger partial charge in [0.15, 0.2) is 5.78 Å². The van der Waals surface area contributed by atoms with Crippen molar-refractivity contribution in [3.63, 3.8) is 0 Å². The largest absolute Gasteiger partial charge is 0.481 e. The standard InChI is InChI=1S/C13H18.C13H16.C12H16.C12H14.C11H11N.C11H12O2.C11H12O.C11H14.C10H10O.9C2H6/c2*1-3-4-11-6-7-12-9-10(2)5-8-13(11)12;2*1-3-10-5-6-11-8-9(2)4-7-12(10)11;1-8-2-5-11-9(6-8)3-4-10(11)7-12;1-7-2-4-9-8(6-7)3-5-10(9)11(12)13;1-8-2-5-11-9(6-8)3-4-10(11)7-12;1-8-3-6-11-9(2)4-5-10(11)7-8;1-7-2-4-9-8(6-7)3-5-10(9)11;9*1-2/h5,8-9,11H,3-4,6-7H2,1-2H3;3-5,8-9,11H,6-7H2,1-2H3;4,7-8,10H,3,5-6H2,1-2H3;3-4,7-8H,5-6H2,1-2H3;2,5-6,10H,3-4H2,1H3;2,4,6,10H,3,5H2,1H3,(H,12,13);2,5-7,10H,3-4H2,1H3;3,6-7,9H,4-5H2,1-2H3;2,4,6H,3,5H2,1H3;9*1-2H3/b;4-3-;;10-3+;;;;;;;;;;;;;;. The van der Waals surface area contributed by atoms with Gasteiger partial charge < -0.3 is 9.90 Å². The van der Waals surface area contributed by atoms with Crippen LogP contribution in [0.4, 0.5) is 0 Å². The van der Waals surface area contributed by atoms with E-state index in [2.05, 4.69) is 254 Å². The number of aldehydes is 1. The Kier molecular flexibility index (Phi) is 59.5. The predicted molar refractivity (Wildman–Crippen MR) is 560 cm³/mol. The minimum Gasteiger partial charge on any atom is -0.481 e. The second-order valence-corrected chi connectivity index (χ2v) is 32.7. The van der Waals surface area contributed by atoms with Gasteiger partial charge in [-0.1, -0.05) is 384 Å². The van der Waals surface area contributed by atoms with Gasteiger partial charge in [-0.15, -0.1) is 0 Å². The summed E-state index contributed by atoms with van der Waals surface area (Å²) in [6, 6.07) is 61.6. The summed E-state index contributed by atoms with van der Waals surface area (Å²) in [4.78, 5) is 32.7. The number of carboxylic acids is 1. The van der Waals surface area contributed by atoms with Gasteiger partial charge in [0, 0.05) is 23.8 Å². The van der Waals surface area contributed by atoms with Crippen LogP contribution in [0.25, 0.3) is 5.57 Å². The fourth-order valence-electron chi connectivity index (χ4n) is 18.2. The van der Waals surface area contributed by atoms with E-state index in [1.54, 1.807) is 44.5 Å². The molecule has 7 unspecified atom stereocenters. The van der Waals surface area contributed by atoms with E-state index in [1.807, 2.05) is 156 Å². The fourth-order valence-corrected chi connectivity index (χ4v) is 18.2. The molecule has 0 bridgehead atoms. The molecule has 9 aliphatic carbocycles. The summed E-state index contributed by atoms with van der Waals surface area (Å²) in [5.74, 6) is 2.85. The molecular formula is C122H177NO4. The number of allylic oxidation sites excluding steroid dienone is 4. The molecular weight excluding hydrogens is 1540 g/mol. The van der Waals surface area contributed by atoms with Gasteiger partial charge in [0.05, 0.1) is 17.9 Å². The van der Waals surface area contributed by atoms with E-state index in [0.717, 1.165) is 80.1 Å². The van der Waals surface area contributed by atoms with Crippen LogP contribution in [0.5, 0.6) is 0 Å². The molecule has 5 nitrogen and oxygen atoms in total. The Labute approximate surface area is 779 Å². The first-order valence-electron chi connectivity index (χ1n) is 50.3. The van der Waals surface area contributed by atoms with Crippen molar-refractivity contribution < 1.29 is 19.5 Å². The van der Waals surface area contributed by atoms with Crippen LogP contribution in [-0.2, 0) is 67.4 Å². The Morgan fingerprint density at radius 2 is 0.685 bits per heavy atom. The number of aliphatic carboxylic acids is 1. The number of carbonyl (C=O) groups is 3. The lowest BCUT2D eigenvalue weighted by atomic mass is 9.96. The minimum absolute atomic E-state index is 0.153. The lowest BCUT2D eigenvalue weighted by Crippen LogP contribution is -2.07. The van der Waals surface area contributed by atoms with E-state index >= 15 is 0 Å². The number of carboxylic acid groups (broad SMARTS) is 1. The summed E-state index contributed by atoms with van der Waals surface area (Å²) in [6.07, 6.45) is 32.3. The summed E-state index contributed by atoms with van der Waals surface area (Å²) in [7, 11) is 0. The topological polar surface area (TPSA) is 95.2 Å². The van der Waals surface area contributed by atoms with Crippen molar-refractivity contribution in [2.24, 2.45) is 0 Å². The summed E-state index contributed by atoms with van der Waals surface area (Å²) in [6.45, 7) is 66.3. The maximum absolute atomic E-state index is 11.2. The highest BCUT2D eigenvalue weighted by atomic mass is 16.4. The maximum Gasteiger partial charge on any atom is 0.310 e. The van der Waals surface area contributed by atoms with E-state index in [-0.39, 0.29) is 17.8 Å². The van der Waals surface area contributed by atoms with Gasteiger partial charge in [0.2, 0.25) is 0 Å². The molecule has 9 aliphatic rings. The minimum atomic E-state index is -0.692. The number of benzene rings is 9. The third-order valence-corrected chi connectivity index (χ3v) is 24.2. The first kappa shape index (κ1) is 116. The van der Waals surface area contributed by atoms with E-state index in [1.165, 1.54) is 184 Å². The first-order chi connectivity index (χ1) is 61.6. The molecule has 5 heteroatoms. The Bertz CT molecular complexity index is 4760. The number of Topliss-reactive ketones (excluding diaryl/α,β-unsaturated/α-hetero) is 1. The predicted octanol–water partition coefficient (Wildman–Crippen LogP) is 35.5. The molecule has 0 heterocycles. The molecule has 0 saturated heterocycles. The van der Waals surface area contributed by atoms with Gasteiger partial charge in [-0.3, -0.25) is 9.59 Å². The van der Waals surface area contributed by atoms with Crippen molar-refractivity contribution in [1.82, 2.24) is 0 Å². The molecule has 0 amide bonds. The molecule has 0 aromatic heterocycles. The number of hydrogen-bond donors (Lipinski definition) is 1. The summed E-state index contributed by atoms with van der Waals surface area (Å²) in [5, 5.41) is 17.8. The zero-order valence-electron chi connectivity index (χ0n) is 86.4. The Balaban J connectivity index is 0.000000698. The molecule has 7 atom stereocenters. The summed E-state index contributed by atoms with van der Waals surface area (Å²) in [5.41, 5.74) is 38.9. The van der Waals surface area contributed by atoms with Gasteiger partial charge in [-0.25, -0.2) is 0 Å². The van der Waals surface area contributed by atoms with Gasteiger partial charge in [0.1, 0.15) is 6.29 Å². The smallest absolute Gasteiger partial charge is 0.310 e. The van der Waals surface area contributed by atoms with Crippen molar-refractivity contribution in [2.75, 3.05) is 0 Å². The quantitative estimate of drug-likeness (QED) is 0.132. The van der Waals surface area contributed by atoms with Crippen molar-refractivity contribution in [1.29, 1.82) is 5.26 Å². The van der Waals surface area contributed by atoms with Crippen molar-refractivity contribution >= 4 is 23.6 Å². The molecule has 0 radical (unpaired) electrons. The van der Waals surface area contributed by atoms with E-state index in [0.29, 0.717) is 18.1 Å². The van der Waals surface area contributed by atoms with Crippen LogP contribution in [0.15, 0.2) is 182 Å². The molecule has 127 heavy (non-hydrogen) atoms. The lowest BCUT2D eigenvalue weighted by molar-refractivity contribution is -0.138. The Hall–Kier alpha value is -9.24. The van der Waals surface area contributed by atoms with Crippen molar-refractivity contribution in [2.45, 2.75) is 398 Å². The average molecular weight is 1720 g/mol. The number of aryl methyl sites for hydroxylation is 18. The lowest BCUT2D eigenvalue weighted by Gasteiger charge is -2.09. The summed E-state index contributed by atoms with van der Waals surface area (Å²) >= 11 is 0. The molecule has 0 fully saturated rings. The monoisotopic (exact) mass is 1720 g/mol. The van der Waals surface area contributed by atoms with Crippen LogP contribution in [-0.4, -0.2) is 23.1 Å². The van der Waals surface area contributed by atoms with Crippen molar-refractivity contribution in [3.05, 3.63) is 332 Å². The molecule has 18 rings (SSSR count). The van der Waals surface area contributed by atoms with Gasteiger partial charge in [-0.05, 0) is 316 Å². The van der Waals surface area contributed by atoms with Crippen LogP contribution in [0.1, 0.15) is 433 Å². The van der Waals surface area contributed by atoms with Crippen molar-refractivity contribution in [3.8, 4) is 6.07 Å². The number of ketones is 1. The molecule has 0 spiro atoms. The highest BCUT2D eigenvalue weighted by molar-refractivity contribution is 6.00. The molecule has 1 N–H and O–H groups in total. The Morgan fingerprint density at radius 3 is 1.12 bits per heavy atom. The zero-order chi connectivity index (χ0) is 95.8. The van der Waals surface area contributed by atoms with E-state index in [4.69, 9.17) is 10.4 Å².